The lowest BCUT2D eigenvalue weighted by atomic mass is 9.79. The summed E-state index contributed by atoms with van der Waals surface area (Å²) < 4.78 is 0. The normalized spacial score (nSPS) is 25.8. The standard InChI is InChI=1S/C16H26N4O/c17-16(7-2-1-3-8-16)11-15(21)20-10-4-5-13(12-20)14-6-9-18-19-14/h6,9,13H,1-5,7-8,10-12,17H2,(H,18,19). The second-order valence-electron chi connectivity index (χ2n) is 6.79. The Morgan fingerprint density at radius 2 is 2.19 bits per heavy atom. The lowest BCUT2D eigenvalue weighted by Gasteiger charge is -2.37. The summed E-state index contributed by atoms with van der Waals surface area (Å²) in [7, 11) is 0. The third-order valence-corrected chi connectivity index (χ3v) is 5.09. The Kier molecular flexibility index (Phi) is 4.29. The van der Waals surface area contributed by atoms with E-state index in [-0.39, 0.29) is 11.4 Å². The van der Waals surface area contributed by atoms with E-state index in [0.717, 1.165) is 44.5 Å². The molecule has 0 spiro atoms. The number of amides is 1. The number of carbonyl (C=O) groups is 1. The molecular formula is C16H26N4O. The highest BCUT2D eigenvalue weighted by atomic mass is 16.2. The van der Waals surface area contributed by atoms with E-state index in [1.807, 2.05) is 11.0 Å². The van der Waals surface area contributed by atoms with Crippen molar-refractivity contribution in [2.75, 3.05) is 13.1 Å². The highest BCUT2D eigenvalue weighted by Crippen LogP contribution is 2.31. The first-order valence-corrected chi connectivity index (χ1v) is 8.22. The number of hydrogen-bond acceptors (Lipinski definition) is 3. The number of likely N-dealkylation sites (tertiary alicyclic amines) is 1. The van der Waals surface area contributed by atoms with Gasteiger partial charge < -0.3 is 10.6 Å². The van der Waals surface area contributed by atoms with Crippen molar-refractivity contribution in [1.29, 1.82) is 0 Å². The van der Waals surface area contributed by atoms with E-state index in [1.165, 1.54) is 19.3 Å². The smallest absolute Gasteiger partial charge is 0.224 e. The summed E-state index contributed by atoms with van der Waals surface area (Å²) in [5, 5.41) is 7.07. The Morgan fingerprint density at radius 3 is 2.90 bits per heavy atom. The van der Waals surface area contributed by atoms with Crippen molar-refractivity contribution in [1.82, 2.24) is 15.1 Å². The number of nitrogens with two attached hydrogens (primary N) is 1. The van der Waals surface area contributed by atoms with E-state index in [9.17, 15) is 4.79 Å². The topological polar surface area (TPSA) is 75.0 Å². The molecule has 1 saturated heterocycles. The zero-order valence-electron chi connectivity index (χ0n) is 12.7. The van der Waals surface area contributed by atoms with Crippen LogP contribution < -0.4 is 5.73 Å². The van der Waals surface area contributed by atoms with Crippen molar-refractivity contribution in [2.45, 2.75) is 62.8 Å². The van der Waals surface area contributed by atoms with Crippen LogP contribution in [0.3, 0.4) is 0 Å². The van der Waals surface area contributed by atoms with Gasteiger partial charge in [-0.15, -0.1) is 0 Å². The van der Waals surface area contributed by atoms with Crippen molar-refractivity contribution in [3.63, 3.8) is 0 Å². The second kappa shape index (κ2) is 6.18. The average Bonchev–Trinajstić information content (AvgIpc) is 3.02. The van der Waals surface area contributed by atoms with Crippen LogP contribution in [-0.4, -0.2) is 39.6 Å². The molecule has 0 radical (unpaired) electrons. The van der Waals surface area contributed by atoms with Gasteiger partial charge in [0.15, 0.2) is 0 Å². The molecule has 2 aliphatic rings. The highest BCUT2D eigenvalue weighted by molar-refractivity contribution is 5.77. The van der Waals surface area contributed by atoms with Crippen LogP contribution >= 0.6 is 0 Å². The Morgan fingerprint density at radius 1 is 1.38 bits per heavy atom. The summed E-state index contributed by atoms with van der Waals surface area (Å²) >= 11 is 0. The lowest BCUT2D eigenvalue weighted by molar-refractivity contribution is -0.134. The molecule has 1 atom stereocenters. The van der Waals surface area contributed by atoms with Crippen LogP contribution in [-0.2, 0) is 4.79 Å². The zero-order chi connectivity index (χ0) is 14.7. The van der Waals surface area contributed by atoms with Crippen LogP contribution in [0.25, 0.3) is 0 Å². The number of piperidine rings is 1. The van der Waals surface area contributed by atoms with Crippen LogP contribution in [0.5, 0.6) is 0 Å². The summed E-state index contributed by atoms with van der Waals surface area (Å²) in [6.07, 6.45) is 10.1. The molecule has 1 unspecified atom stereocenters. The second-order valence-corrected chi connectivity index (χ2v) is 6.79. The summed E-state index contributed by atoms with van der Waals surface area (Å²) in [5.41, 5.74) is 7.32. The molecule has 1 aromatic heterocycles. The zero-order valence-corrected chi connectivity index (χ0v) is 12.7. The van der Waals surface area contributed by atoms with Gasteiger partial charge in [-0.25, -0.2) is 0 Å². The Labute approximate surface area is 126 Å². The van der Waals surface area contributed by atoms with Crippen LogP contribution in [0.4, 0.5) is 0 Å². The minimum atomic E-state index is -0.254. The average molecular weight is 290 g/mol. The molecule has 0 bridgehead atoms. The van der Waals surface area contributed by atoms with Crippen LogP contribution in [0, 0.1) is 0 Å². The summed E-state index contributed by atoms with van der Waals surface area (Å²) in [6, 6.07) is 2.02. The molecule has 2 fully saturated rings. The van der Waals surface area contributed by atoms with Gasteiger partial charge in [-0.05, 0) is 31.7 Å². The molecule has 5 heteroatoms. The van der Waals surface area contributed by atoms with Crippen molar-refractivity contribution in [3.05, 3.63) is 18.0 Å². The predicted molar refractivity (Wildman–Crippen MR) is 81.8 cm³/mol. The first-order valence-electron chi connectivity index (χ1n) is 8.22. The van der Waals surface area contributed by atoms with E-state index < -0.39 is 0 Å². The van der Waals surface area contributed by atoms with Crippen LogP contribution in [0.2, 0.25) is 0 Å². The van der Waals surface area contributed by atoms with E-state index in [2.05, 4.69) is 10.2 Å². The summed E-state index contributed by atoms with van der Waals surface area (Å²) in [6.45, 7) is 1.68. The molecule has 1 aliphatic carbocycles. The van der Waals surface area contributed by atoms with Gasteiger partial charge in [-0.3, -0.25) is 9.89 Å². The number of aromatic nitrogens is 2. The molecule has 1 amide bonds. The van der Waals surface area contributed by atoms with Gasteiger partial charge >= 0.3 is 0 Å². The maximum absolute atomic E-state index is 12.6. The summed E-state index contributed by atoms with van der Waals surface area (Å²) in [4.78, 5) is 14.6. The van der Waals surface area contributed by atoms with Crippen molar-refractivity contribution < 1.29 is 4.79 Å². The maximum Gasteiger partial charge on any atom is 0.224 e. The fraction of sp³-hybridized carbons (Fsp3) is 0.750. The number of H-pyrrole nitrogens is 1. The SMILES string of the molecule is NC1(CC(=O)N2CCCC(c3ccn[nH]3)C2)CCCCC1. The molecule has 5 nitrogen and oxygen atoms in total. The van der Waals surface area contributed by atoms with Crippen LogP contribution in [0.15, 0.2) is 12.3 Å². The molecule has 2 heterocycles. The third-order valence-electron chi connectivity index (χ3n) is 5.09. The maximum atomic E-state index is 12.6. The number of carbonyl (C=O) groups excluding carboxylic acids is 1. The summed E-state index contributed by atoms with van der Waals surface area (Å²) in [5.74, 6) is 0.633. The first kappa shape index (κ1) is 14.6. The predicted octanol–water partition coefficient (Wildman–Crippen LogP) is 2.17. The van der Waals surface area contributed by atoms with Gasteiger partial charge in [0.1, 0.15) is 0 Å². The van der Waals surface area contributed by atoms with Gasteiger partial charge in [-0.2, -0.15) is 5.10 Å². The number of aromatic amines is 1. The molecule has 116 valence electrons. The fourth-order valence-corrected chi connectivity index (χ4v) is 3.80. The van der Waals surface area contributed by atoms with Gasteiger partial charge in [0, 0.05) is 42.9 Å². The first-order chi connectivity index (χ1) is 10.2. The number of rotatable bonds is 3. The molecule has 1 aromatic rings. The number of nitrogens with zero attached hydrogens (tertiary/aromatic N) is 2. The van der Waals surface area contributed by atoms with Crippen LogP contribution in [0.1, 0.15) is 63.0 Å². The minimum Gasteiger partial charge on any atom is -0.342 e. The highest BCUT2D eigenvalue weighted by Gasteiger charge is 2.33. The van der Waals surface area contributed by atoms with Gasteiger partial charge in [0.05, 0.1) is 0 Å². The fourth-order valence-electron chi connectivity index (χ4n) is 3.80. The largest absolute Gasteiger partial charge is 0.342 e. The molecule has 3 rings (SSSR count). The minimum absolute atomic E-state index is 0.239. The van der Waals surface area contributed by atoms with Gasteiger partial charge in [-0.1, -0.05) is 19.3 Å². The molecule has 21 heavy (non-hydrogen) atoms. The van der Waals surface area contributed by atoms with E-state index in [0.29, 0.717) is 12.3 Å². The lowest BCUT2D eigenvalue weighted by Crippen LogP contribution is -2.48. The molecule has 3 N–H and O–H groups in total. The third kappa shape index (κ3) is 3.46. The van der Waals surface area contributed by atoms with E-state index in [4.69, 9.17) is 5.73 Å². The van der Waals surface area contributed by atoms with E-state index in [1.54, 1.807) is 6.20 Å². The molecular weight excluding hydrogens is 264 g/mol. The van der Waals surface area contributed by atoms with Crippen molar-refractivity contribution >= 4 is 5.91 Å². The molecule has 0 aromatic carbocycles. The van der Waals surface area contributed by atoms with Gasteiger partial charge in [0.25, 0.3) is 0 Å². The number of hydrogen-bond donors (Lipinski definition) is 2. The van der Waals surface area contributed by atoms with Gasteiger partial charge in [0.2, 0.25) is 5.91 Å². The molecule has 1 saturated carbocycles. The van der Waals surface area contributed by atoms with Crippen molar-refractivity contribution in [2.24, 2.45) is 5.73 Å². The Bertz CT molecular complexity index is 465. The Balaban J connectivity index is 1.59. The monoisotopic (exact) mass is 290 g/mol. The number of nitrogens with one attached hydrogen (secondary N) is 1. The molecule has 1 aliphatic heterocycles. The quantitative estimate of drug-likeness (QED) is 0.896. The Hall–Kier alpha value is -1.36. The van der Waals surface area contributed by atoms with E-state index >= 15 is 0 Å². The van der Waals surface area contributed by atoms with Crippen molar-refractivity contribution in [3.8, 4) is 0 Å².